The summed E-state index contributed by atoms with van der Waals surface area (Å²) < 4.78 is 34.0. The molecule has 1 aliphatic rings. The number of hydrogen-bond acceptors (Lipinski definition) is 4. The van der Waals surface area contributed by atoms with Gasteiger partial charge in [0.25, 0.3) is 0 Å². The molecule has 1 saturated heterocycles. The Morgan fingerprint density at radius 3 is 2.42 bits per heavy atom. The average Bonchev–Trinajstić information content (AvgIpc) is 2.98. The highest BCUT2D eigenvalue weighted by Gasteiger charge is 2.26. The van der Waals surface area contributed by atoms with Crippen LogP contribution in [0, 0.1) is 0 Å². The Morgan fingerprint density at radius 1 is 0.962 bits per heavy atom. The lowest BCUT2D eigenvalue weighted by molar-refractivity contribution is 0.346. The van der Waals surface area contributed by atoms with E-state index < -0.39 is 15.8 Å². The van der Waals surface area contributed by atoms with E-state index in [1.165, 1.54) is 14.9 Å². The van der Waals surface area contributed by atoms with Crippen molar-refractivity contribution in [2.24, 2.45) is 0 Å². The van der Waals surface area contributed by atoms with E-state index in [1.807, 2.05) is 30.3 Å². The molecule has 3 aromatic rings. The normalized spacial score (nSPS) is 16.2. The second-order valence-corrected chi connectivity index (χ2v) is 8.47. The maximum atomic E-state index is 12.8. The van der Waals surface area contributed by atoms with Crippen LogP contribution in [0.3, 0.4) is 0 Å². The van der Waals surface area contributed by atoms with Gasteiger partial charge in [-0.25, -0.2) is 13.2 Å². The third-order valence-corrected chi connectivity index (χ3v) is 6.67. The summed E-state index contributed by atoms with van der Waals surface area (Å²) in [6.45, 7) is 1.46. The number of sulfonamides is 1. The molecule has 0 unspecified atom stereocenters. The molecule has 136 valence electrons. The van der Waals surface area contributed by atoms with Crippen molar-refractivity contribution < 1.29 is 12.8 Å². The molecule has 1 aromatic heterocycles. The van der Waals surface area contributed by atoms with E-state index in [1.54, 1.807) is 12.1 Å². The first-order valence-electron chi connectivity index (χ1n) is 8.73. The van der Waals surface area contributed by atoms with Gasteiger partial charge in [0.1, 0.15) is 0 Å². The summed E-state index contributed by atoms with van der Waals surface area (Å²) in [7, 11) is -3.55. The molecule has 0 atom stereocenters. The molecule has 0 amide bonds. The molecule has 2 heterocycles. The highest BCUT2D eigenvalue weighted by atomic mass is 32.2. The number of aromatic nitrogens is 1. The number of hydrogen-bond donors (Lipinski definition) is 0. The van der Waals surface area contributed by atoms with Gasteiger partial charge in [0.15, 0.2) is 5.58 Å². The van der Waals surface area contributed by atoms with Gasteiger partial charge in [-0.2, -0.15) is 4.31 Å². The largest absolute Gasteiger partial charge is 0.420 e. The Hall–Kier alpha value is -2.38. The van der Waals surface area contributed by atoms with Crippen LogP contribution < -0.4 is 5.76 Å². The molecule has 0 N–H and O–H groups in total. The third kappa shape index (κ3) is 3.08. The van der Waals surface area contributed by atoms with E-state index in [-0.39, 0.29) is 4.90 Å². The zero-order valence-corrected chi connectivity index (χ0v) is 15.1. The van der Waals surface area contributed by atoms with Crippen LogP contribution in [0.4, 0.5) is 0 Å². The molecular formula is C19H20N2O4S. The van der Waals surface area contributed by atoms with Crippen molar-refractivity contribution in [2.75, 3.05) is 13.1 Å². The number of piperidine rings is 1. The first-order valence-corrected chi connectivity index (χ1v) is 10.2. The van der Waals surface area contributed by atoms with Crippen molar-refractivity contribution in [1.29, 1.82) is 0 Å². The molecule has 26 heavy (non-hydrogen) atoms. The van der Waals surface area contributed by atoms with Gasteiger partial charge in [-0.05, 0) is 30.5 Å². The van der Waals surface area contributed by atoms with Crippen LogP contribution in [0.1, 0.15) is 24.8 Å². The van der Waals surface area contributed by atoms with Crippen molar-refractivity contribution in [3.8, 4) is 0 Å². The van der Waals surface area contributed by atoms with Crippen LogP contribution in [-0.2, 0) is 16.6 Å². The van der Waals surface area contributed by atoms with Crippen LogP contribution in [-0.4, -0.2) is 30.4 Å². The molecule has 4 rings (SSSR count). The standard InChI is InChI=1S/C19H20N2O4S/c22-19-21(14-15-7-3-1-4-8-15)17-10-9-16(13-18(17)25-19)26(23,24)20-11-5-2-6-12-20/h1,3-4,7-10,13H,2,5-6,11-12,14H2. The fourth-order valence-corrected chi connectivity index (χ4v) is 4.91. The molecule has 7 heteroatoms. The first kappa shape index (κ1) is 17.1. The van der Waals surface area contributed by atoms with E-state index in [2.05, 4.69) is 0 Å². The predicted octanol–water partition coefficient (Wildman–Crippen LogP) is 2.82. The van der Waals surface area contributed by atoms with Gasteiger partial charge in [0.05, 0.1) is 17.0 Å². The molecule has 0 saturated carbocycles. The van der Waals surface area contributed by atoms with Crippen molar-refractivity contribution in [3.63, 3.8) is 0 Å². The second kappa shape index (κ2) is 6.74. The van der Waals surface area contributed by atoms with Gasteiger partial charge in [0, 0.05) is 19.2 Å². The predicted molar refractivity (Wildman–Crippen MR) is 98.6 cm³/mol. The molecule has 2 aromatic carbocycles. The summed E-state index contributed by atoms with van der Waals surface area (Å²) >= 11 is 0. The van der Waals surface area contributed by atoms with Crippen molar-refractivity contribution in [2.45, 2.75) is 30.7 Å². The number of benzene rings is 2. The van der Waals surface area contributed by atoms with E-state index >= 15 is 0 Å². The summed E-state index contributed by atoms with van der Waals surface area (Å²) in [5, 5.41) is 0. The summed E-state index contributed by atoms with van der Waals surface area (Å²) in [6.07, 6.45) is 2.82. The van der Waals surface area contributed by atoms with Crippen molar-refractivity contribution >= 4 is 21.1 Å². The minimum Gasteiger partial charge on any atom is -0.408 e. The lowest BCUT2D eigenvalue weighted by atomic mass is 10.2. The van der Waals surface area contributed by atoms with E-state index in [9.17, 15) is 13.2 Å². The van der Waals surface area contributed by atoms with Crippen molar-refractivity contribution in [3.05, 3.63) is 64.6 Å². The monoisotopic (exact) mass is 372 g/mol. The average molecular weight is 372 g/mol. The molecule has 6 nitrogen and oxygen atoms in total. The van der Waals surface area contributed by atoms with Gasteiger partial charge >= 0.3 is 5.76 Å². The quantitative estimate of drug-likeness (QED) is 0.706. The van der Waals surface area contributed by atoms with Gasteiger partial charge < -0.3 is 4.42 Å². The Labute approximate surface area is 151 Å². The summed E-state index contributed by atoms with van der Waals surface area (Å²) in [5.41, 5.74) is 1.86. The molecule has 0 radical (unpaired) electrons. The molecule has 0 spiro atoms. The van der Waals surface area contributed by atoms with Crippen LogP contribution in [0.15, 0.2) is 62.6 Å². The summed E-state index contributed by atoms with van der Waals surface area (Å²) in [6, 6.07) is 14.3. The SMILES string of the molecule is O=c1oc2cc(S(=O)(=O)N3CCCCC3)ccc2n1Cc1ccccc1. The van der Waals surface area contributed by atoms with Gasteiger partial charge in [-0.3, -0.25) is 4.57 Å². The zero-order chi connectivity index (χ0) is 18.1. The Balaban J connectivity index is 1.72. The smallest absolute Gasteiger partial charge is 0.408 e. The fraction of sp³-hybridized carbons (Fsp3) is 0.316. The van der Waals surface area contributed by atoms with Crippen LogP contribution >= 0.6 is 0 Å². The van der Waals surface area contributed by atoms with Crippen LogP contribution in [0.5, 0.6) is 0 Å². The molecular weight excluding hydrogens is 352 g/mol. The minimum absolute atomic E-state index is 0.174. The number of nitrogens with zero attached hydrogens (tertiary/aromatic N) is 2. The lowest BCUT2D eigenvalue weighted by Crippen LogP contribution is -2.35. The number of oxazole rings is 1. The molecule has 0 bridgehead atoms. The molecule has 1 fully saturated rings. The van der Waals surface area contributed by atoms with E-state index in [0.29, 0.717) is 30.7 Å². The zero-order valence-electron chi connectivity index (χ0n) is 14.3. The Kier molecular flexibility index (Phi) is 4.42. The maximum Gasteiger partial charge on any atom is 0.420 e. The highest BCUT2D eigenvalue weighted by Crippen LogP contribution is 2.24. The van der Waals surface area contributed by atoms with Gasteiger partial charge in [0.2, 0.25) is 10.0 Å². The van der Waals surface area contributed by atoms with Gasteiger partial charge in [-0.1, -0.05) is 36.8 Å². The van der Waals surface area contributed by atoms with E-state index in [4.69, 9.17) is 4.42 Å². The second-order valence-electron chi connectivity index (χ2n) is 6.53. The summed E-state index contributed by atoms with van der Waals surface area (Å²) in [5.74, 6) is -0.489. The van der Waals surface area contributed by atoms with Crippen LogP contribution in [0.2, 0.25) is 0 Å². The maximum absolute atomic E-state index is 12.8. The Morgan fingerprint density at radius 2 is 1.69 bits per heavy atom. The fourth-order valence-electron chi connectivity index (χ4n) is 3.38. The van der Waals surface area contributed by atoms with Gasteiger partial charge in [-0.15, -0.1) is 0 Å². The third-order valence-electron chi connectivity index (χ3n) is 4.78. The van der Waals surface area contributed by atoms with Crippen molar-refractivity contribution in [1.82, 2.24) is 8.87 Å². The number of fused-ring (bicyclic) bond motifs is 1. The highest BCUT2D eigenvalue weighted by molar-refractivity contribution is 7.89. The summed E-state index contributed by atoms with van der Waals surface area (Å²) in [4.78, 5) is 12.4. The lowest BCUT2D eigenvalue weighted by Gasteiger charge is -2.25. The topological polar surface area (TPSA) is 72.5 Å². The first-order chi connectivity index (χ1) is 12.6. The minimum atomic E-state index is -3.55. The number of rotatable bonds is 4. The molecule has 1 aliphatic heterocycles. The molecule has 0 aliphatic carbocycles. The van der Waals surface area contributed by atoms with Crippen LogP contribution in [0.25, 0.3) is 11.1 Å². The van der Waals surface area contributed by atoms with E-state index in [0.717, 1.165) is 24.8 Å². The Bertz CT molecular complexity index is 1080.